The standard InChI is InChI=1S/C14H13BrN4S/c15-12-7-13(20-10-12)9-16-8-11-3-1-4-17-14(11)19-6-2-5-18-19/h1-7,10,16H,8-9H2. The molecule has 0 saturated heterocycles. The maximum absolute atomic E-state index is 4.41. The van der Waals surface area contributed by atoms with E-state index in [-0.39, 0.29) is 0 Å². The number of thiophene rings is 1. The third-order valence-electron chi connectivity index (χ3n) is 2.83. The van der Waals surface area contributed by atoms with Gasteiger partial charge in [0.05, 0.1) is 0 Å². The summed E-state index contributed by atoms with van der Waals surface area (Å²) in [6.07, 6.45) is 5.45. The molecule has 102 valence electrons. The van der Waals surface area contributed by atoms with Crippen molar-refractivity contribution in [2.75, 3.05) is 0 Å². The van der Waals surface area contributed by atoms with Gasteiger partial charge < -0.3 is 5.32 Å². The van der Waals surface area contributed by atoms with Gasteiger partial charge in [-0.15, -0.1) is 11.3 Å². The molecule has 0 spiro atoms. The van der Waals surface area contributed by atoms with Gasteiger partial charge in [0.15, 0.2) is 5.82 Å². The van der Waals surface area contributed by atoms with Crippen molar-refractivity contribution in [3.63, 3.8) is 0 Å². The van der Waals surface area contributed by atoms with Crippen LogP contribution in [-0.4, -0.2) is 14.8 Å². The SMILES string of the molecule is Brc1csc(CNCc2cccnc2-n2cccn2)c1. The van der Waals surface area contributed by atoms with Gasteiger partial charge in [-0.3, -0.25) is 0 Å². The highest BCUT2D eigenvalue weighted by molar-refractivity contribution is 9.10. The molecule has 4 nitrogen and oxygen atoms in total. The lowest BCUT2D eigenvalue weighted by Gasteiger charge is -2.09. The van der Waals surface area contributed by atoms with Crippen molar-refractivity contribution in [3.05, 3.63) is 63.1 Å². The fourth-order valence-corrected chi connectivity index (χ4v) is 3.36. The molecule has 0 unspecified atom stereocenters. The molecule has 0 radical (unpaired) electrons. The van der Waals surface area contributed by atoms with Crippen molar-refractivity contribution in [3.8, 4) is 5.82 Å². The summed E-state index contributed by atoms with van der Waals surface area (Å²) in [5.41, 5.74) is 1.13. The average molecular weight is 349 g/mol. The lowest BCUT2D eigenvalue weighted by atomic mass is 10.2. The number of aromatic nitrogens is 3. The summed E-state index contributed by atoms with van der Waals surface area (Å²) >= 11 is 5.21. The highest BCUT2D eigenvalue weighted by atomic mass is 79.9. The van der Waals surface area contributed by atoms with E-state index >= 15 is 0 Å². The molecule has 0 bridgehead atoms. The van der Waals surface area contributed by atoms with E-state index in [1.54, 1.807) is 28.4 Å². The molecular weight excluding hydrogens is 336 g/mol. The summed E-state index contributed by atoms with van der Waals surface area (Å²) in [7, 11) is 0. The maximum Gasteiger partial charge on any atom is 0.157 e. The second-order valence-corrected chi connectivity index (χ2v) is 6.18. The molecule has 3 aromatic rings. The number of pyridine rings is 1. The normalized spacial score (nSPS) is 10.8. The first kappa shape index (κ1) is 13.5. The Kier molecular flexibility index (Phi) is 4.25. The van der Waals surface area contributed by atoms with Crippen LogP contribution in [0.2, 0.25) is 0 Å². The van der Waals surface area contributed by atoms with Gasteiger partial charge in [0, 0.05) is 52.0 Å². The topological polar surface area (TPSA) is 42.7 Å². The number of hydrogen-bond acceptors (Lipinski definition) is 4. The van der Waals surface area contributed by atoms with Crippen molar-refractivity contribution in [1.29, 1.82) is 0 Å². The van der Waals surface area contributed by atoms with E-state index < -0.39 is 0 Å². The van der Waals surface area contributed by atoms with E-state index in [1.807, 2.05) is 18.3 Å². The van der Waals surface area contributed by atoms with Crippen molar-refractivity contribution in [2.45, 2.75) is 13.1 Å². The van der Waals surface area contributed by atoms with Gasteiger partial charge in [0.25, 0.3) is 0 Å². The van der Waals surface area contributed by atoms with E-state index in [2.05, 4.69) is 48.8 Å². The number of nitrogens with one attached hydrogen (secondary N) is 1. The van der Waals surface area contributed by atoms with E-state index in [9.17, 15) is 0 Å². The molecule has 0 aliphatic rings. The molecule has 0 fully saturated rings. The van der Waals surface area contributed by atoms with Crippen LogP contribution in [0, 0.1) is 0 Å². The van der Waals surface area contributed by atoms with Crippen molar-refractivity contribution < 1.29 is 0 Å². The smallest absolute Gasteiger partial charge is 0.157 e. The predicted octanol–water partition coefficient (Wildman–Crippen LogP) is 3.38. The molecule has 0 aliphatic heterocycles. The van der Waals surface area contributed by atoms with Crippen molar-refractivity contribution in [1.82, 2.24) is 20.1 Å². The Morgan fingerprint density at radius 2 is 2.20 bits per heavy atom. The van der Waals surface area contributed by atoms with Gasteiger partial charge in [-0.2, -0.15) is 5.10 Å². The quantitative estimate of drug-likeness (QED) is 0.768. The molecule has 0 aromatic carbocycles. The van der Waals surface area contributed by atoms with Crippen LogP contribution < -0.4 is 5.32 Å². The number of nitrogens with zero attached hydrogens (tertiary/aromatic N) is 3. The van der Waals surface area contributed by atoms with Crippen LogP contribution in [0.25, 0.3) is 5.82 Å². The molecule has 0 saturated carbocycles. The molecule has 6 heteroatoms. The van der Waals surface area contributed by atoms with Gasteiger partial charge in [-0.05, 0) is 34.1 Å². The second kappa shape index (κ2) is 6.30. The lowest BCUT2D eigenvalue weighted by Crippen LogP contribution is -2.14. The van der Waals surface area contributed by atoms with Gasteiger partial charge in [-0.1, -0.05) is 6.07 Å². The second-order valence-electron chi connectivity index (χ2n) is 4.27. The highest BCUT2D eigenvalue weighted by Gasteiger charge is 2.05. The van der Waals surface area contributed by atoms with Crippen LogP contribution in [0.15, 0.2) is 52.7 Å². The minimum absolute atomic E-state index is 0.762. The van der Waals surface area contributed by atoms with E-state index in [0.717, 1.165) is 28.9 Å². The van der Waals surface area contributed by atoms with Gasteiger partial charge >= 0.3 is 0 Å². The van der Waals surface area contributed by atoms with E-state index in [1.165, 1.54) is 4.88 Å². The Hall–Kier alpha value is -1.50. The fourth-order valence-electron chi connectivity index (χ4n) is 1.94. The summed E-state index contributed by atoms with van der Waals surface area (Å²) in [5, 5.41) is 9.77. The zero-order valence-corrected chi connectivity index (χ0v) is 13.1. The fraction of sp³-hybridized carbons (Fsp3) is 0.143. The summed E-state index contributed by atoms with van der Waals surface area (Å²) < 4.78 is 2.93. The molecule has 20 heavy (non-hydrogen) atoms. The van der Waals surface area contributed by atoms with E-state index in [0.29, 0.717) is 0 Å². The molecule has 3 aromatic heterocycles. The predicted molar refractivity (Wildman–Crippen MR) is 83.9 cm³/mol. The largest absolute Gasteiger partial charge is 0.308 e. The molecule has 3 rings (SSSR count). The summed E-state index contributed by atoms with van der Waals surface area (Å²) in [4.78, 5) is 5.71. The molecule has 0 amide bonds. The van der Waals surface area contributed by atoms with Crippen LogP contribution in [0.1, 0.15) is 10.4 Å². The molecule has 0 aliphatic carbocycles. The monoisotopic (exact) mass is 348 g/mol. The number of halogens is 1. The molecular formula is C14H13BrN4S. The molecule has 0 atom stereocenters. The Morgan fingerprint density at radius 3 is 2.95 bits per heavy atom. The first-order chi connectivity index (χ1) is 9.83. The Bertz CT molecular complexity index is 678. The molecule has 1 N–H and O–H groups in total. The Labute approximate surface area is 129 Å². The van der Waals surface area contributed by atoms with Gasteiger partial charge in [0.2, 0.25) is 0 Å². The Morgan fingerprint density at radius 1 is 1.25 bits per heavy atom. The average Bonchev–Trinajstić information content (AvgIpc) is 3.11. The number of rotatable bonds is 5. The maximum atomic E-state index is 4.41. The van der Waals surface area contributed by atoms with Crippen LogP contribution in [-0.2, 0) is 13.1 Å². The van der Waals surface area contributed by atoms with Gasteiger partial charge in [-0.25, -0.2) is 9.67 Å². The summed E-state index contributed by atoms with van der Waals surface area (Å²) in [6.45, 7) is 1.61. The first-order valence-electron chi connectivity index (χ1n) is 6.20. The number of hydrogen-bond donors (Lipinski definition) is 1. The Balaban J connectivity index is 1.68. The van der Waals surface area contributed by atoms with Crippen LogP contribution in [0.3, 0.4) is 0 Å². The van der Waals surface area contributed by atoms with Crippen LogP contribution in [0.4, 0.5) is 0 Å². The summed E-state index contributed by atoms with van der Waals surface area (Å²) in [5.74, 6) is 0.873. The minimum Gasteiger partial charge on any atom is -0.308 e. The highest BCUT2D eigenvalue weighted by Crippen LogP contribution is 2.19. The van der Waals surface area contributed by atoms with Crippen LogP contribution in [0.5, 0.6) is 0 Å². The van der Waals surface area contributed by atoms with E-state index in [4.69, 9.17) is 0 Å². The minimum atomic E-state index is 0.762. The zero-order chi connectivity index (χ0) is 13.8. The zero-order valence-electron chi connectivity index (χ0n) is 10.7. The summed E-state index contributed by atoms with van der Waals surface area (Å²) in [6, 6.07) is 8.05. The third-order valence-corrected chi connectivity index (χ3v) is 4.52. The van der Waals surface area contributed by atoms with Gasteiger partial charge in [0.1, 0.15) is 0 Å². The molecule has 3 heterocycles. The van der Waals surface area contributed by atoms with Crippen molar-refractivity contribution >= 4 is 27.3 Å². The first-order valence-corrected chi connectivity index (χ1v) is 7.88. The third kappa shape index (κ3) is 3.15. The van der Waals surface area contributed by atoms with Crippen molar-refractivity contribution in [2.24, 2.45) is 0 Å². The lowest BCUT2D eigenvalue weighted by molar-refractivity contribution is 0.688. The van der Waals surface area contributed by atoms with Crippen LogP contribution >= 0.6 is 27.3 Å².